The van der Waals surface area contributed by atoms with Crippen LogP contribution in [0, 0.1) is 5.92 Å². The molecule has 4 atom stereocenters. The van der Waals surface area contributed by atoms with Crippen LogP contribution in [0.4, 0.5) is 0 Å². The molecule has 34 heavy (non-hydrogen) atoms. The van der Waals surface area contributed by atoms with Gasteiger partial charge in [-0.25, -0.2) is 4.79 Å². The van der Waals surface area contributed by atoms with Crippen LogP contribution in [0.2, 0.25) is 0 Å². The Hall–Kier alpha value is -2.77. The summed E-state index contributed by atoms with van der Waals surface area (Å²) in [5.41, 5.74) is 21.9. The Morgan fingerprint density at radius 2 is 1.29 bits per heavy atom. The van der Waals surface area contributed by atoms with E-state index in [1.807, 2.05) is 0 Å². The van der Waals surface area contributed by atoms with Crippen LogP contribution < -0.4 is 38.9 Å². The number of carbonyl (C=O) groups is 5. The molecule has 13 nitrogen and oxygen atoms in total. The number of carboxylic acid groups (broad SMARTS) is 1. The van der Waals surface area contributed by atoms with Crippen molar-refractivity contribution in [3.63, 3.8) is 0 Å². The van der Waals surface area contributed by atoms with Crippen LogP contribution in [-0.2, 0) is 24.0 Å². The summed E-state index contributed by atoms with van der Waals surface area (Å²) >= 11 is 0. The summed E-state index contributed by atoms with van der Waals surface area (Å²) < 4.78 is 0. The SMILES string of the molecule is CC(C)C(NC(=O)C(N)CCCCN)C(=O)NC(CC(N)=O)C(=O)NC(CCCCN)C(=O)O. The van der Waals surface area contributed by atoms with Crippen molar-refractivity contribution in [3.8, 4) is 0 Å². The van der Waals surface area contributed by atoms with Crippen LogP contribution in [-0.4, -0.2) is 72.0 Å². The van der Waals surface area contributed by atoms with Crippen molar-refractivity contribution in [1.82, 2.24) is 16.0 Å². The first-order valence-electron chi connectivity index (χ1n) is 11.5. The molecule has 0 radical (unpaired) electrons. The Kier molecular flexibility index (Phi) is 15.4. The number of rotatable bonds is 18. The van der Waals surface area contributed by atoms with E-state index in [1.165, 1.54) is 0 Å². The zero-order valence-electron chi connectivity index (χ0n) is 20.0. The Morgan fingerprint density at radius 1 is 0.765 bits per heavy atom. The smallest absolute Gasteiger partial charge is 0.326 e. The lowest BCUT2D eigenvalue weighted by Crippen LogP contribution is -2.59. The largest absolute Gasteiger partial charge is 0.480 e. The fourth-order valence-corrected chi connectivity index (χ4v) is 3.13. The second-order valence-electron chi connectivity index (χ2n) is 8.54. The molecular weight excluding hydrogens is 446 g/mol. The van der Waals surface area contributed by atoms with E-state index in [9.17, 15) is 29.1 Å². The predicted octanol–water partition coefficient (Wildman–Crippen LogP) is -2.36. The Bertz CT molecular complexity index is 689. The average molecular weight is 488 g/mol. The molecule has 0 aromatic rings. The Labute approximate surface area is 200 Å². The highest BCUT2D eigenvalue weighted by Crippen LogP contribution is 2.07. The van der Waals surface area contributed by atoms with E-state index < -0.39 is 60.2 Å². The van der Waals surface area contributed by atoms with Crippen molar-refractivity contribution < 1.29 is 29.1 Å². The van der Waals surface area contributed by atoms with Gasteiger partial charge in [-0.3, -0.25) is 19.2 Å². The molecular formula is C21H41N7O6. The van der Waals surface area contributed by atoms with Crippen molar-refractivity contribution in [1.29, 1.82) is 0 Å². The standard InChI is InChI=1S/C21H41N7O6/c1-12(2)17(28-18(30)13(24)7-3-5-9-22)20(32)27-15(11-16(25)29)19(31)26-14(21(33)34)8-4-6-10-23/h12-15,17H,3-11,22-24H2,1-2H3,(H2,25,29)(H,26,31)(H,27,32)(H,28,30)(H,33,34). The van der Waals surface area contributed by atoms with Crippen LogP contribution in [0.25, 0.3) is 0 Å². The molecule has 0 saturated carbocycles. The van der Waals surface area contributed by atoms with E-state index in [-0.39, 0.29) is 12.3 Å². The van der Waals surface area contributed by atoms with Gasteiger partial charge in [0.15, 0.2) is 0 Å². The molecule has 0 aromatic heterocycles. The minimum Gasteiger partial charge on any atom is -0.480 e. The van der Waals surface area contributed by atoms with Crippen molar-refractivity contribution in [2.45, 2.75) is 83.0 Å². The van der Waals surface area contributed by atoms with Crippen molar-refractivity contribution in [2.75, 3.05) is 13.1 Å². The summed E-state index contributed by atoms with van der Waals surface area (Å²) in [5.74, 6) is -4.64. The molecule has 0 spiro atoms. The van der Waals surface area contributed by atoms with Gasteiger partial charge in [-0.15, -0.1) is 0 Å². The molecule has 13 heteroatoms. The summed E-state index contributed by atoms with van der Waals surface area (Å²) in [5, 5.41) is 16.7. The maximum absolute atomic E-state index is 12.9. The molecule has 4 unspecified atom stereocenters. The van der Waals surface area contributed by atoms with E-state index >= 15 is 0 Å². The fourth-order valence-electron chi connectivity index (χ4n) is 3.13. The number of carbonyl (C=O) groups excluding carboxylic acids is 4. The first kappa shape index (κ1) is 31.2. The van der Waals surface area contributed by atoms with Gasteiger partial charge in [0.1, 0.15) is 18.1 Å². The number of hydrogen-bond acceptors (Lipinski definition) is 8. The molecule has 0 bridgehead atoms. The van der Waals surface area contributed by atoms with E-state index in [0.717, 1.165) is 0 Å². The van der Waals surface area contributed by atoms with Gasteiger partial charge in [0.25, 0.3) is 0 Å². The number of nitrogens with one attached hydrogen (secondary N) is 3. The molecule has 0 rings (SSSR count). The number of hydrogen-bond donors (Lipinski definition) is 8. The zero-order valence-corrected chi connectivity index (χ0v) is 20.0. The Balaban J connectivity index is 5.32. The number of unbranched alkanes of at least 4 members (excludes halogenated alkanes) is 2. The van der Waals surface area contributed by atoms with Gasteiger partial charge in [-0.2, -0.15) is 0 Å². The van der Waals surface area contributed by atoms with Gasteiger partial charge in [0.2, 0.25) is 23.6 Å². The lowest BCUT2D eigenvalue weighted by atomic mass is 10.0. The predicted molar refractivity (Wildman–Crippen MR) is 126 cm³/mol. The molecule has 0 fully saturated rings. The van der Waals surface area contributed by atoms with Crippen molar-refractivity contribution >= 4 is 29.6 Å². The number of carboxylic acids is 1. The third kappa shape index (κ3) is 12.5. The minimum absolute atomic E-state index is 0.127. The van der Waals surface area contributed by atoms with Crippen LogP contribution in [0.1, 0.15) is 58.8 Å². The van der Waals surface area contributed by atoms with E-state index in [4.69, 9.17) is 22.9 Å². The molecule has 0 heterocycles. The Morgan fingerprint density at radius 3 is 1.76 bits per heavy atom. The zero-order chi connectivity index (χ0) is 26.3. The summed E-state index contributed by atoms with van der Waals surface area (Å²) in [4.78, 5) is 61.0. The quantitative estimate of drug-likeness (QED) is 0.0962. The number of amides is 4. The molecule has 0 aliphatic heterocycles. The molecule has 0 aromatic carbocycles. The summed E-state index contributed by atoms with van der Waals surface area (Å²) in [7, 11) is 0. The monoisotopic (exact) mass is 487 g/mol. The third-order valence-electron chi connectivity index (χ3n) is 5.15. The first-order valence-corrected chi connectivity index (χ1v) is 11.5. The van der Waals surface area contributed by atoms with Crippen LogP contribution in [0.3, 0.4) is 0 Å². The molecule has 0 saturated heterocycles. The van der Waals surface area contributed by atoms with Gasteiger partial charge in [-0.1, -0.05) is 20.3 Å². The summed E-state index contributed by atoms with van der Waals surface area (Å²) in [6.45, 7) is 4.22. The van der Waals surface area contributed by atoms with Crippen LogP contribution in [0.5, 0.6) is 0 Å². The second-order valence-corrected chi connectivity index (χ2v) is 8.54. The maximum atomic E-state index is 12.9. The number of aliphatic carboxylic acids is 1. The van der Waals surface area contributed by atoms with Crippen molar-refractivity contribution in [3.05, 3.63) is 0 Å². The molecule has 196 valence electrons. The molecule has 0 aliphatic rings. The number of nitrogens with two attached hydrogens (primary N) is 4. The average Bonchev–Trinajstić information content (AvgIpc) is 2.75. The molecule has 4 amide bonds. The van der Waals surface area contributed by atoms with Gasteiger partial charge >= 0.3 is 5.97 Å². The maximum Gasteiger partial charge on any atom is 0.326 e. The lowest BCUT2D eigenvalue weighted by molar-refractivity contribution is -0.142. The highest BCUT2D eigenvalue weighted by molar-refractivity contribution is 5.96. The highest BCUT2D eigenvalue weighted by Gasteiger charge is 2.32. The van der Waals surface area contributed by atoms with Gasteiger partial charge in [-0.05, 0) is 51.1 Å². The van der Waals surface area contributed by atoms with Crippen LogP contribution in [0.15, 0.2) is 0 Å². The normalized spacial score (nSPS) is 14.5. The van der Waals surface area contributed by atoms with Crippen LogP contribution >= 0.6 is 0 Å². The second kappa shape index (κ2) is 16.8. The van der Waals surface area contributed by atoms with Gasteiger partial charge in [0, 0.05) is 0 Å². The van der Waals surface area contributed by atoms with E-state index in [2.05, 4.69) is 16.0 Å². The highest BCUT2D eigenvalue weighted by atomic mass is 16.4. The van der Waals surface area contributed by atoms with E-state index in [1.54, 1.807) is 13.8 Å². The summed E-state index contributed by atoms with van der Waals surface area (Å²) in [6, 6.07) is -4.53. The van der Waals surface area contributed by atoms with Crippen molar-refractivity contribution in [2.24, 2.45) is 28.9 Å². The molecule has 0 aliphatic carbocycles. The summed E-state index contributed by atoms with van der Waals surface area (Å²) in [6.07, 6.45) is 2.37. The van der Waals surface area contributed by atoms with E-state index in [0.29, 0.717) is 45.2 Å². The first-order chi connectivity index (χ1) is 15.9. The number of primary amides is 1. The van der Waals surface area contributed by atoms with Gasteiger partial charge < -0.3 is 44.0 Å². The third-order valence-corrected chi connectivity index (χ3v) is 5.15. The van der Waals surface area contributed by atoms with Gasteiger partial charge in [0.05, 0.1) is 12.5 Å². The minimum atomic E-state index is -1.42. The lowest BCUT2D eigenvalue weighted by Gasteiger charge is -2.26. The topological polar surface area (TPSA) is 246 Å². The fraction of sp³-hybridized carbons (Fsp3) is 0.762. The molecule has 12 N–H and O–H groups in total.